The van der Waals surface area contributed by atoms with Crippen LogP contribution in [-0.2, 0) is 11.3 Å². The van der Waals surface area contributed by atoms with E-state index in [0.717, 1.165) is 10.3 Å². The molecule has 130 valence electrons. The van der Waals surface area contributed by atoms with Crippen molar-refractivity contribution in [1.29, 1.82) is 0 Å². The van der Waals surface area contributed by atoms with Gasteiger partial charge in [-0.25, -0.2) is 0 Å². The van der Waals surface area contributed by atoms with Gasteiger partial charge in [-0.2, -0.15) is 4.99 Å². The maximum Gasteiger partial charge on any atom is 0.272 e. The summed E-state index contributed by atoms with van der Waals surface area (Å²) in [6, 6.07) is 14.0. The van der Waals surface area contributed by atoms with E-state index >= 15 is 0 Å². The van der Waals surface area contributed by atoms with Gasteiger partial charge in [0.15, 0.2) is 4.80 Å². The van der Waals surface area contributed by atoms with E-state index < -0.39 is 10.8 Å². The Hall–Kier alpha value is -3.32. The molecule has 1 heterocycles. The Labute approximate surface area is 153 Å². The van der Waals surface area contributed by atoms with E-state index in [2.05, 4.69) is 11.6 Å². The van der Waals surface area contributed by atoms with E-state index in [9.17, 15) is 14.9 Å². The molecule has 1 aromatic heterocycles. The van der Waals surface area contributed by atoms with Crippen molar-refractivity contribution in [3.8, 4) is 0 Å². The number of nitro benzene ring substituents is 1. The summed E-state index contributed by atoms with van der Waals surface area (Å²) in [5.74, 6) is -0.396. The number of nitrogens with zero attached hydrogens (tertiary/aromatic N) is 3. The first-order chi connectivity index (χ1) is 12.6. The lowest BCUT2D eigenvalue weighted by molar-refractivity contribution is -0.384. The second kappa shape index (κ2) is 7.71. The summed E-state index contributed by atoms with van der Waals surface area (Å²) >= 11 is 1.31. The van der Waals surface area contributed by atoms with Gasteiger partial charge in [0.05, 0.1) is 15.1 Å². The Morgan fingerprint density at radius 2 is 2.04 bits per heavy atom. The van der Waals surface area contributed by atoms with Gasteiger partial charge >= 0.3 is 0 Å². The molecule has 0 saturated carbocycles. The quantitative estimate of drug-likeness (QED) is 0.297. The van der Waals surface area contributed by atoms with Crippen molar-refractivity contribution in [2.45, 2.75) is 6.54 Å². The molecule has 0 atom stereocenters. The van der Waals surface area contributed by atoms with Crippen LogP contribution in [0, 0.1) is 10.1 Å². The molecule has 3 rings (SSSR count). The molecule has 0 fully saturated rings. The number of hydrogen-bond donors (Lipinski definition) is 0. The lowest BCUT2D eigenvalue weighted by Crippen LogP contribution is -2.15. The smallest absolute Gasteiger partial charge is 0.272 e. The highest BCUT2D eigenvalue weighted by atomic mass is 32.1. The lowest BCUT2D eigenvalue weighted by atomic mass is 10.2. The predicted octanol–water partition coefficient (Wildman–Crippen LogP) is 3.94. The highest BCUT2D eigenvalue weighted by molar-refractivity contribution is 7.16. The number of benzene rings is 2. The Kier molecular flexibility index (Phi) is 5.19. The molecule has 7 heteroatoms. The van der Waals surface area contributed by atoms with Crippen molar-refractivity contribution in [3.63, 3.8) is 0 Å². The first-order valence-corrected chi connectivity index (χ1v) is 8.60. The van der Waals surface area contributed by atoms with Gasteiger partial charge in [-0.05, 0) is 17.7 Å². The van der Waals surface area contributed by atoms with Crippen molar-refractivity contribution in [2.75, 3.05) is 0 Å². The molecule has 6 nitrogen and oxygen atoms in total. The van der Waals surface area contributed by atoms with Crippen LogP contribution < -0.4 is 4.80 Å². The minimum Gasteiger partial charge on any atom is -0.312 e. The van der Waals surface area contributed by atoms with Crippen LogP contribution in [0.15, 0.2) is 72.3 Å². The minimum atomic E-state index is -0.445. The number of hydrogen-bond acceptors (Lipinski definition) is 4. The summed E-state index contributed by atoms with van der Waals surface area (Å²) in [5, 5.41) is 11.0. The van der Waals surface area contributed by atoms with Crippen LogP contribution >= 0.6 is 11.3 Å². The summed E-state index contributed by atoms with van der Waals surface area (Å²) in [7, 11) is 0. The molecule has 0 aliphatic carbocycles. The first kappa shape index (κ1) is 17.5. The molecule has 0 unspecified atom stereocenters. The van der Waals surface area contributed by atoms with Crippen molar-refractivity contribution in [3.05, 3.63) is 87.7 Å². The third kappa shape index (κ3) is 3.84. The van der Waals surface area contributed by atoms with E-state index in [-0.39, 0.29) is 5.69 Å². The monoisotopic (exact) mass is 365 g/mol. The number of amides is 1. The first-order valence-electron chi connectivity index (χ1n) is 7.79. The SMILES string of the molecule is C=CCn1c(=NC(=O)C=Cc2ccccc2)sc2ccc([N+](=O)[O-])cc21. The molecule has 2 aromatic carbocycles. The molecular weight excluding hydrogens is 350 g/mol. The summed E-state index contributed by atoms with van der Waals surface area (Å²) in [6.07, 6.45) is 4.76. The van der Waals surface area contributed by atoms with E-state index in [1.54, 1.807) is 22.8 Å². The maximum absolute atomic E-state index is 12.2. The lowest BCUT2D eigenvalue weighted by Gasteiger charge is -2.00. The van der Waals surface area contributed by atoms with E-state index in [1.165, 1.54) is 29.5 Å². The molecule has 0 bridgehead atoms. The highest BCUT2D eigenvalue weighted by Crippen LogP contribution is 2.23. The van der Waals surface area contributed by atoms with Gasteiger partial charge < -0.3 is 4.57 Å². The average Bonchev–Trinajstić information content (AvgIpc) is 2.97. The molecular formula is C19H15N3O3S. The third-order valence-corrected chi connectivity index (χ3v) is 4.67. The number of nitro groups is 1. The zero-order valence-corrected chi connectivity index (χ0v) is 14.6. The van der Waals surface area contributed by atoms with E-state index in [0.29, 0.717) is 16.9 Å². The number of carbonyl (C=O) groups excluding carboxylic acids is 1. The number of aromatic nitrogens is 1. The Morgan fingerprint density at radius 1 is 1.27 bits per heavy atom. The number of allylic oxidation sites excluding steroid dienone is 1. The molecule has 26 heavy (non-hydrogen) atoms. The molecule has 3 aromatic rings. The van der Waals surface area contributed by atoms with Crippen LogP contribution in [0.1, 0.15) is 5.56 Å². The second-order valence-corrected chi connectivity index (χ2v) is 6.40. The van der Waals surface area contributed by atoms with Crippen LogP contribution in [0.3, 0.4) is 0 Å². The zero-order valence-electron chi connectivity index (χ0n) is 13.7. The number of non-ortho nitro benzene ring substituents is 1. The van der Waals surface area contributed by atoms with Gasteiger partial charge in [-0.15, -0.1) is 6.58 Å². The number of carbonyl (C=O) groups is 1. The van der Waals surface area contributed by atoms with Gasteiger partial charge in [0.1, 0.15) is 0 Å². The average molecular weight is 365 g/mol. The van der Waals surface area contributed by atoms with E-state index in [4.69, 9.17) is 0 Å². The fourth-order valence-electron chi connectivity index (χ4n) is 2.42. The summed E-state index contributed by atoms with van der Waals surface area (Å²) in [4.78, 5) is 27.4. The normalized spacial score (nSPS) is 11.9. The Bertz CT molecular complexity index is 1080. The number of thiazole rings is 1. The van der Waals surface area contributed by atoms with Gasteiger partial charge in [0.25, 0.3) is 11.6 Å². The standard InChI is InChI=1S/C19H15N3O3S/c1-2-12-21-16-13-15(22(24)25)9-10-17(16)26-19(21)20-18(23)11-8-14-6-4-3-5-7-14/h2-11,13H,1,12H2. The third-order valence-electron chi connectivity index (χ3n) is 3.61. The molecule has 0 N–H and O–H groups in total. The van der Waals surface area contributed by atoms with Gasteiger partial charge in [0.2, 0.25) is 0 Å². The number of fused-ring (bicyclic) bond motifs is 1. The Morgan fingerprint density at radius 3 is 2.73 bits per heavy atom. The van der Waals surface area contributed by atoms with Gasteiger partial charge in [0, 0.05) is 24.8 Å². The largest absolute Gasteiger partial charge is 0.312 e. The molecule has 0 radical (unpaired) electrons. The molecule has 1 amide bonds. The van der Waals surface area contributed by atoms with Crippen LogP contribution in [0.4, 0.5) is 5.69 Å². The van der Waals surface area contributed by atoms with Crippen molar-refractivity contribution in [1.82, 2.24) is 4.57 Å². The van der Waals surface area contributed by atoms with Crippen LogP contribution in [0.25, 0.3) is 16.3 Å². The zero-order chi connectivity index (χ0) is 18.5. The van der Waals surface area contributed by atoms with E-state index in [1.807, 2.05) is 30.3 Å². The van der Waals surface area contributed by atoms with Crippen molar-refractivity contribution in [2.24, 2.45) is 4.99 Å². The molecule has 0 saturated heterocycles. The van der Waals surface area contributed by atoms with Crippen molar-refractivity contribution >= 4 is 39.2 Å². The fourth-order valence-corrected chi connectivity index (χ4v) is 3.45. The molecule has 0 aliphatic rings. The van der Waals surface area contributed by atoms with Crippen LogP contribution in [0.5, 0.6) is 0 Å². The van der Waals surface area contributed by atoms with Crippen LogP contribution in [-0.4, -0.2) is 15.4 Å². The van der Waals surface area contributed by atoms with Gasteiger partial charge in [-0.3, -0.25) is 14.9 Å². The minimum absolute atomic E-state index is 0.00466. The predicted molar refractivity (Wildman–Crippen MR) is 103 cm³/mol. The summed E-state index contributed by atoms with van der Waals surface area (Å²) in [6.45, 7) is 4.10. The molecule has 0 spiro atoms. The van der Waals surface area contributed by atoms with Crippen LogP contribution in [0.2, 0.25) is 0 Å². The Balaban J connectivity index is 2.02. The maximum atomic E-state index is 12.2. The number of rotatable bonds is 5. The second-order valence-electron chi connectivity index (χ2n) is 5.39. The fraction of sp³-hybridized carbons (Fsp3) is 0.0526. The molecule has 0 aliphatic heterocycles. The summed E-state index contributed by atoms with van der Waals surface area (Å²) in [5.41, 5.74) is 1.56. The topological polar surface area (TPSA) is 77.5 Å². The summed E-state index contributed by atoms with van der Waals surface area (Å²) < 4.78 is 2.56. The highest BCUT2D eigenvalue weighted by Gasteiger charge is 2.12. The van der Waals surface area contributed by atoms with Gasteiger partial charge in [-0.1, -0.05) is 47.7 Å². The van der Waals surface area contributed by atoms with Crippen molar-refractivity contribution < 1.29 is 9.72 Å².